The zero-order chi connectivity index (χ0) is 13.1. The Morgan fingerprint density at radius 3 is 2.41 bits per heavy atom. The average Bonchev–Trinajstić information content (AvgIpc) is 2.28. The van der Waals surface area contributed by atoms with E-state index >= 15 is 0 Å². The maximum absolute atomic E-state index is 11.4. The number of β-amino-alcohol motifs (C(OH)–C–C–N with tert-alkyl or cyclic N) is 1. The van der Waals surface area contributed by atoms with Gasteiger partial charge in [0.15, 0.2) is 0 Å². The van der Waals surface area contributed by atoms with Crippen LogP contribution >= 0.6 is 0 Å². The second-order valence-electron chi connectivity index (χ2n) is 5.59. The topological polar surface area (TPSA) is 49.8 Å². The molecule has 0 amide bonds. The zero-order valence-electron chi connectivity index (χ0n) is 11.4. The fraction of sp³-hybridized carbons (Fsp3) is 0.923. The number of likely N-dealkylation sites (tertiary alicyclic amines) is 1. The van der Waals surface area contributed by atoms with Crippen LogP contribution in [0.1, 0.15) is 33.6 Å². The quantitative estimate of drug-likeness (QED) is 0.756. The first-order valence-electron chi connectivity index (χ1n) is 6.39. The molecule has 0 bridgehead atoms. The average molecular weight is 243 g/mol. The molecule has 0 aromatic rings. The molecule has 1 N–H and O–H groups in total. The minimum atomic E-state index is -0.655. The van der Waals surface area contributed by atoms with Crippen molar-refractivity contribution in [2.75, 3.05) is 26.7 Å². The molecular formula is C13H25NO3. The van der Waals surface area contributed by atoms with Crippen molar-refractivity contribution < 1.29 is 14.6 Å². The van der Waals surface area contributed by atoms with Crippen molar-refractivity contribution in [3.63, 3.8) is 0 Å². The maximum Gasteiger partial charge on any atom is 0.308 e. The van der Waals surface area contributed by atoms with Gasteiger partial charge in [-0.1, -0.05) is 13.8 Å². The number of nitrogens with zero attached hydrogens (tertiary/aromatic N) is 1. The molecule has 1 aliphatic heterocycles. The van der Waals surface area contributed by atoms with Crippen molar-refractivity contribution in [3.05, 3.63) is 0 Å². The van der Waals surface area contributed by atoms with E-state index in [0.29, 0.717) is 6.54 Å². The predicted molar refractivity (Wildman–Crippen MR) is 66.6 cm³/mol. The molecule has 0 aliphatic carbocycles. The number of hydrogen-bond acceptors (Lipinski definition) is 4. The van der Waals surface area contributed by atoms with Gasteiger partial charge in [-0.15, -0.1) is 0 Å². The summed E-state index contributed by atoms with van der Waals surface area (Å²) in [5, 5.41) is 10.2. The number of aliphatic hydroxyl groups is 1. The summed E-state index contributed by atoms with van der Waals surface area (Å²) >= 11 is 0. The lowest BCUT2D eigenvalue weighted by molar-refractivity contribution is -0.147. The van der Waals surface area contributed by atoms with Crippen molar-refractivity contribution in [1.29, 1.82) is 0 Å². The van der Waals surface area contributed by atoms with Gasteiger partial charge in [0.25, 0.3) is 0 Å². The highest BCUT2D eigenvalue weighted by molar-refractivity contribution is 5.72. The van der Waals surface area contributed by atoms with Gasteiger partial charge in [-0.25, -0.2) is 0 Å². The number of piperidine rings is 1. The van der Waals surface area contributed by atoms with E-state index in [9.17, 15) is 9.90 Å². The third-order valence-electron chi connectivity index (χ3n) is 3.91. The summed E-state index contributed by atoms with van der Waals surface area (Å²) in [6.07, 6.45) is 1.67. The summed E-state index contributed by atoms with van der Waals surface area (Å²) in [6, 6.07) is 0. The van der Waals surface area contributed by atoms with Crippen LogP contribution in [0.5, 0.6) is 0 Å². The molecule has 1 rings (SSSR count). The molecule has 0 radical (unpaired) electrons. The van der Waals surface area contributed by atoms with E-state index in [2.05, 4.69) is 4.90 Å². The van der Waals surface area contributed by atoms with Gasteiger partial charge in [-0.05, 0) is 38.8 Å². The number of hydrogen-bond donors (Lipinski definition) is 1. The molecule has 0 spiro atoms. The highest BCUT2D eigenvalue weighted by Gasteiger charge is 2.31. The van der Waals surface area contributed by atoms with Crippen LogP contribution in [0.15, 0.2) is 0 Å². The van der Waals surface area contributed by atoms with Gasteiger partial charge in [0.2, 0.25) is 0 Å². The number of ether oxygens (including phenoxy) is 1. The van der Waals surface area contributed by atoms with Crippen molar-refractivity contribution in [2.45, 2.75) is 39.2 Å². The fourth-order valence-corrected chi connectivity index (χ4v) is 2.13. The Morgan fingerprint density at radius 2 is 2.00 bits per heavy atom. The van der Waals surface area contributed by atoms with Gasteiger partial charge >= 0.3 is 5.97 Å². The molecule has 1 atom stereocenters. The zero-order valence-corrected chi connectivity index (χ0v) is 11.4. The van der Waals surface area contributed by atoms with Crippen molar-refractivity contribution in [2.24, 2.45) is 11.8 Å². The summed E-state index contributed by atoms with van der Waals surface area (Å²) < 4.78 is 4.76. The molecule has 1 saturated heterocycles. The molecular weight excluding hydrogens is 218 g/mol. The van der Waals surface area contributed by atoms with Crippen molar-refractivity contribution in [3.8, 4) is 0 Å². The number of esters is 1. The van der Waals surface area contributed by atoms with Gasteiger partial charge < -0.3 is 14.7 Å². The van der Waals surface area contributed by atoms with Gasteiger partial charge in [-0.3, -0.25) is 4.79 Å². The number of carbonyl (C=O) groups excluding carboxylic acids is 1. The van der Waals surface area contributed by atoms with Crippen LogP contribution in [0.3, 0.4) is 0 Å². The van der Waals surface area contributed by atoms with E-state index in [1.807, 2.05) is 20.8 Å². The second kappa shape index (κ2) is 5.83. The van der Waals surface area contributed by atoms with E-state index in [1.165, 1.54) is 7.11 Å². The van der Waals surface area contributed by atoms with Crippen LogP contribution in [0.25, 0.3) is 0 Å². The smallest absolute Gasteiger partial charge is 0.308 e. The highest BCUT2D eigenvalue weighted by Crippen LogP contribution is 2.23. The molecule has 1 fully saturated rings. The van der Waals surface area contributed by atoms with E-state index in [-0.39, 0.29) is 17.8 Å². The number of methoxy groups -OCH3 is 1. The number of rotatable bonds is 4. The van der Waals surface area contributed by atoms with E-state index in [0.717, 1.165) is 25.9 Å². The lowest BCUT2D eigenvalue weighted by Gasteiger charge is -2.37. The van der Waals surface area contributed by atoms with Crippen molar-refractivity contribution in [1.82, 2.24) is 4.90 Å². The van der Waals surface area contributed by atoms with Crippen LogP contribution in [-0.4, -0.2) is 48.3 Å². The Balaban J connectivity index is 2.40. The Bertz CT molecular complexity index is 255. The first-order chi connectivity index (χ1) is 7.86. The first kappa shape index (κ1) is 14.5. The van der Waals surface area contributed by atoms with Crippen LogP contribution < -0.4 is 0 Å². The van der Waals surface area contributed by atoms with E-state index in [4.69, 9.17) is 4.74 Å². The molecule has 0 aromatic heterocycles. The molecule has 100 valence electrons. The molecule has 1 heterocycles. The first-order valence-corrected chi connectivity index (χ1v) is 6.39. The van der Waals surface area contributed by atoms with E-state index < -0.39 is 5.60 Å². The Kier molecular flexibility index (Phi) is 4.95. The largest absolute Gasteiger partial charge is 0.469 e. The molecule has 0 aromatic carbocycles. The molecule has 4 nitrogen and oxygen atoms in total. The van der Waals surface area contributed by atoms with Gasteiger partial charge in [0.05, 0.1) is 18.6 Å². The standard InChI is InChI=1S/C13H25NO3/c1-10(2)13(3,16)9-14-7-5-11(6-8-14)12(15)17-4/h10-11,16H,5-9H2,1-4H3. The molecule has 17 heavy (non-hydrogen) atoms. The maximum atomic E-state index is 11.4. The monoisotopic (exact) mass is 243 g/mol. The third kappa shape index (κ3) is 3.96. The summed E-state index contributed by atoms with van der Waals surface area (Å²) in [5.41, 5.74) is -0.655. The normalized spacial score (nSPS) is 22.5. The Labute approximate surface area is 104 Å². The molecule has 4 heteroatoms. The van der Waals surface area contributed by atoms with Crippen molar-refractivity contribution >= 4 is 5.97 Å². The summed E-state index contributed by atoms with van der Waals surface area (Å²) in [5.74, 6) is 0.182. The molecule has 0 saturated carbocycles. The third-order valence-corrected chi connectivity index (χ3v) is 3.91. The van der Waals surface area contributed by atoms with Crippen LogP contribution in [0.4, 0.5) is 0 Å². The van der Waals surface area contributed by atoms with Crippen LogP contribution in [-0.2, 0) is 9.53 Å². The minimum absolute atomic E-state index is 0.0419. The summed E-state index contributed by atoms with van der Waals surface area (Å²) in [4.78, 5) is 13.6. The highest BCUT2D eigenvalue weighted by atomic mass is 16.5. The fourth-order valence-electron chi connectivity index (χ4n) is 2.13. The van der Waals surface area contributed by atoms with Gasteiger partial charge in [0, 0.05) is 6.54 Å². The van der Waals surface area contributed by atoms with Crippen LogP contribution in [0, 0.1) is 11.8 Å². The Morgan fingerprint density at radius 1 is 1.47 bits per heavy atom. The SMILES string of the molecule is COC(=O)C1CCN(CC(C)(O)C(C)C)CC1. The summed E-state index contributed by atoms with van der Waals surface area (Å²) in [7, 11) is 1.44. The van der Waals surface area contributed by atoms with E-state index in [1.54, 1.807) is 0 Å². The number of carbonyl (C=O) groups is 1. The molecule has 1 unspecified atom stereocenters. The molecule has 1 aliphatic rings. The van der Waals surface area contributed by atoms with Gasteiger partial charge in [-0.2, -0.15) is 0 Å². The Hall–Kier alpha value is -0.610. The lowest BCUT2D eigenvalue weighted by atomic mass is 9.90. The second-order valence-corrected chi connectivity index (χ2v) is 5.59. The van der Waals surface area contributed by atoms with Crippen LogP contribution in [0.2, 0.25) is 0 Å². The minimum Gasteiger partial charge on any atom is -0.469 e. The van der Waals surface area contributed by atoms with Gasteiger partial charge in [0.1, 0.15) is 0 Å². The predicted octanol–water partition coefficient (Wildman–Crippen LogP) is 1.28. The summed E-state index contributed by atoms with van der Waals surface area (Å²) in [6.45, 7) is 8.34. The lowest BCUT2D eigenvalue weighted by Crippen LogP contribution is -2.47.